The summed E-state index contributed by atoms with van der Waals surface area (Å²) in [5.74, 6) is -0.400. The van der Waals surface area contributed by atoms with Gasteiger partial charge in [0.1, 0.15) is 24.0 Å². The third-order valence-corrected chi connectivity index (χ3v) is 4.53. The van der Waals surface area contributed by atoms with Gasteiger partial charge in [-0.2, -0.15) is 18.4 Å². The molecule has 0 fully saturated rings. The number of carbonyl (C=O) groups excluding carboxylic acids is 1. The maximum atomic E-state index is 12.8. The van der Waals surface area contributed by atoms with Gasteiger partial charge in [-0.1, -0.05) is 30.3 Å². The van der Waals surface area contributed by atoms with Crippen LogP contribution in [0.4, 0.5) is 24.5 Å². The van der Waals surface area contributed by atoms with Gasteiger partial charge >= 0.3 is 6.18 Å². The van der Waals surface area contributed by atoms with E-state index in [1.54, 1.807) is 42.5 Å². The summed E-state index contributed by atoms with van der Waals surface area (Å²) in [6, 6.07) is 18.2. The van der Waals surface area contributed by atoms with Crippen LogP contribution in [0.5, 0.6) is 5.75 Å². The molecule has 0 heterocycles. The van der Waals surface area contributed by atoms with Crippen molar-refractivity contribution in [2.75, 3.05) is 5.32 Å². The largest absolute Gasteiger partial charge is 0.489 e. The molecule has 3 aromatic rings. The molecule has 7 nitrogen and oxygen atoms in total. The minimum absolute atomic E-state index is 0.0472. The first-order valence-electron chi connectivity index (χ1n) is 9.72. The van der Waals surface area contributed by atoms with Crippen molar-refractivity contribution in [1.29, 1.82) is 5.26 Å². The van der Waals surface area contributed by atoms with Gasteiger partial charge in [0, 0.05) is 17.8 Å². The van der Waals surface area contributed by atoms with Crippen molar-refractivity contribution in [2.24, 2.45) is 0 Å². The number of nitro benzene ring substituents is 1. The van der Waals surface area contributed by atoms with E-state index in [0.29, 0.717) is 16.9 Å². The summed E-state index contributed by atoms with van der Waals surface area (Å²) in [6.45, 7) is 0.0969. The number of nitriles is 1. The van der Waals surface area contributed by atoms with Crippen LogP contribution in [0.25, 0.3) is 6.08 Å². The average Bonchev–Trinajstić information content (AvgIpc) is 2.81. The molecule has 3 rings (SSSR count). The highest BCUT2D eigenvalue weighted by Gasteiger charge is 2.30. The van der Waals surface area contributed by atoms with Crippen molar-refractivity contribution in [3.05, 3.63) is 105 Å². The van der Waals surface area contributed by atoms with E-state index in [4.69, 9.17) is 4.74 Å². The van der Waals surface area contributed by atoms with E-state index >= 15 is 0 Å². The maximum absolute atomic E-state index is 12.8. The molecule has 0 spiro atoms. The number of amides is 1. The molecule has 0 unspecified atom stereocenters. The molecule has 0 aromatic heterocycles. The van der Waals surface area contributed by atoms with Crippen molar-refractivity contribution in [3.63, 3.8) is 0 Å². The van der Waals surface area contributed by atoms with Crippen LogP contribution in [0.15, 0.2) is 78.4 Å². The Morgan fingerprint density at radius 1 is 1.09 bits per heavy atom. The number of nitrogens with one attached hydrogen (secondary N) is 1. The fourth-order valence-corrected chi connectivity index (χ4v) is 2.87. The second-order valence-corrected chi connectivity index (χ2v) is 6.99. The third-order valence-electron chi connectivity index (χ3n) is 4.53. The zero-order valence-electron chi connectivity index (χ0n) is 17.4. The van der Waals surface area contributed by atoms with Crippen molar-refractivity contribution in [2.45, 2.75) is 12.8 Å². The van der Waals surface area contributed by atoms with Gasteiger partial charge in [-0.25, -0.2) is 0 Å². The van der Waals surface area contributed by atoms with Crippen molar-refractivity contribution < 1.29 is 27.6 Å². The summed E-state index contributed by atoms with van der Waals surface area (Å²) in [5.41, 5.74) is -0.272. The molecule has 0 radical (unpaired) electrons. The molecule has 3 aromatic carbocycles. The van der Waals surface area contributed by atoms with E-state index < -0.39 is 22.6 Å². The molecule has 0 aliphatic carbocycles. The average molecular weight is 467 g/mol. The predicted octanol–water partition coefficient (Wildman–Crippen LogP) is 5.74. The van der Waals surface area contributed by atoms with E-state index in [9.17, 15) is 33.3 Å². The van der Waals surface area contributed by atoms with Crippen LogP contribution in [-0.4, -0.2) is 10.8 Å². The monoisotopic (exact) mass is 467 g/mol. The smallest absolute Gasteiger partial charge is 0.416 e. The fourth-order valence-electron chi connectivity index (χ4n) is 2.87. The molecule has 0 bridgehead atoms. The van der Waals surface area contributed by atoms with E-state index in [0.717, 1.165) is 18.2 Å². The number of alkyl halides is 3. The Labute approximate surface area is 191 Å². The SMILES string of the molecule is N#C/C(=C\c1ccc(OCc2cccc([N+](=O)[O-])c2)cc1)C(=O)Nc1cccc(C(F)(F)F)c1. The molecule has 0 aliphatic rings. The van der Waals surface area contributed by atoms with Crippen LogP contribution in [0.2, 0.25) is 0 Å². The Morgan fingerprint density at radius 3 is 2.44 bits per heavy atom. The summed E-state index contributed by atoms with van der Waals surface area (Å²) < 4.78 is 44.1. The lowest BCUT2D eigenvalue weighted by Crippen LogP contribution is -2.14. The van der Waals surface area contributed by atoms with E-state index in [-0.39, 0.29) is 23.6 Å². The number of hydrogen-bond donors (Lipinski definition) is 1. The summed E-state index contributed by atoms with van der Waals surface area (Å²) in [5, 5.41) is 22.4. The van der Waals surface area contributed by atoms with Gasteiger partial charge in [0.15, 0.2) is 0 Å². The Kier molecular flexibility index (Phi) is 7.28. The van der Waals surface area contributed by atoms with Gasteiger partial charge in [0.05, 0.1) is 10.5 Å². The molecular formula is C24H16F3N3O4. The highest BCUT2D eigenvalue weighted by molar-refractivity contribution is 6.09. The number of halogens is 3. The molecule has 0 saturated carbocycles. The van der Waals surface area contributed by atoms with Gasteiger partial charge < -0.3 is 10.1 Å². The number of non-ortho nitro benzene ring substituents is 1. The molecule has 1 N–H and O–H groups in total. The maximum Gasteiger partial charge on any atom is 0.416 e. The quantitative estimate of drug-likeness (QED) is 0.207. The van der Waals surface area contributed by atoms with E-state index in [1.807, 2.05) is 0 Å². The third kappa shape index (κ3) is 6.43. The second kappa shape index (κ2) is 10.3. The molecule has 0 saturated heterocycles. The highest BCUT2D eigenvalue weighted by atomic mass is 19.4. The number of anilines is 1. The summed E-state index contributed by atoms with van der Waals surface area (Å²) in [4.78, 5) is 22.7. The van der Waals surface area contributed by atoms with Crippen LogP contribution in [0, 0.1) is 21.4 Å². The number of nitro groups is 1. The number of hydrogen-bond acceptors (Lipinski definition) is 5. The Balaban J connectivity index is 1.66. The summed E-state index contributed by atoms with van der Waals surface area (Å²) in [7, 11) is 0. The van der Waals surface area contributed by atoms with Crippen LogP contribution >= 0.6 is 0 Å². The van der Waals surface area contributed by atoms with Gasteiger partial charge in [-0.15, -0.1) is 0 Å². The Bertz CT molecular complexity index is 1280. The molecule has 0 atom stereocenters. The van der Waals surface area contributed by atoms with Crippen LogP contribution in [0.3, 0.4) is 0 Å². The van der Waals surface area contributed by atoms with E-state index in [2.05, 4.69) is 5.32 Å². The first-order valence-corrected chi connectivity index (χ1v) is 9.72. The lowest BCUT2D eigenvalue weighted by Gasteiger charge is -2.09. The first kappa shape index (κ1) is 24.0. The lowest BCUT2D eigenvalue weighted by molar-refractivity contribution is -0.384. The molecule has 10 heteroatoms. The topological polar surface area (TPSA) is 105 Å². The Hall–Kier alpha value is -4.65. The van der Waals surface area contributed by atoms with Gasteiger partial charge in [0.25, 0.3) is 11.6 Å². The van der Waals surface area contributed by atoms with Gasteiger partial charge in [0.2, 0.25) is 0 Å². The highest BCUT2D eigenvalue weighted by Crippen LogP contribution is 2.30. The molecular weight excluding hydrogens is 451 g/mol. The van der Waals surface area contributed by atoms with Gasteiger partial charge in [-0.3, -0.25) is 14.9 Å². The van der Waals surface area contributed by atoms with E-state index in [1.165, 1.54) is 24.3 Å². The number of rotatable bonds is 7. The number of carbonyl (C=O) groups is 1. The molecule has 34 heavy (non-hydrogen) atoms. The second-order valence-electron chi connectivity index (χ2n) is 6.99. The standard InChI is InChI=1S/C24H16F3N3O4/c25-24(26,27)19-4-2-5-20(13-19)29-23(31)18(14-28)11-16-7-9-22(10-8-16)34-15-17-3-1-6-21(12-17)30(32)33/h1-13H,15H2,(H,29,31)/b18-11+. The molecule has 1 amide bonds. The number of nitrogens with zero attached hydrogens (tertiary/aromatic N) is 2. The van der Waals surface area contributed by atoms with Crippen LogP contribution in [-0.2, 0) is 17.6 Å². The molecule has 0 aliphatic heterocycles. The predicted molar refractivity (Wildman–Crippen MR) is 118 cm³/mol. The normalized spacial score (nSPS) is 11.4. The van der Waals surface area contributed by atoms with Crippen LogP contribution in [0.1, 0.15) is 16.7 Å². The van der Waals surface area contributed by atoms with Crippen molar-refractivity contribution >= 4 is 23.4 Å². The van der Waals surface area contributed by atoms with Crippen LogP contribution < -0.4 is 10.1 Å². The zero-order chi connectivity index (χ0) is 24.7. The molecule has 172 valence electrons. The van der Waals surface area contributed by atoms with Crippen molar-refractivity contribution in [3.8, 4) is 11.8 Å². The minimum atomic E-state index is -4.56. The fraction of sp³-hybridized carbons (Fsp3) is 0.0833. The first-order chi connectivity index (χ1) is 16.2. The Morgan fingerprint density at radius 2 is 1.79 bits per heavy atom. The number of ether oxygens (including phenoxy) is 1. The van der Waals surface area contributed by atoms with Crippen molar-refractivity contribution in [1.82, 2.24) is 0 Å². The zero-order valence-corrected chi connectivity index (χ0v) is 17.4. The summed E-state index contributed by atoms with van der Waals surface area (Å²) in [6.07, 6.45) is -3.28. The minimum Gasteiger partial charge on any atom is -0.489 e. The summed E-state index contributed by atoms with van der Waals surface area (Å²) >= 11 is 0. The lowest BCUT2D eigenvalue weighted by atomic mass is 10.1. The van der Waals surface area contributed by atoms with Gasteiger partial charge in [-0.05, 0) is 47.5 Å². The number of benzene rings is 3.